The third kappa shape index (κ3) is 2.90. The highest BCUT2D eigenvalue weighted by Crippen LogP contribution is 2.64. The summed E-state index contributed by atoms with van der Waals surface area (Å²) in [6.07, 6.45) is 10.2. The number of hydrogen-bond acceptors (Lipinski definition) is 3. The number of phenolic OH excluding ortho intramolecular Hbond substituents is 2. The Morgan fingerprint density at radius 1 is 0.931 bits per heavy atom. The molecule has 0 aromatic heterocycles. The number of aryl methyl sites for hydroxylation is 1. The Bertz CT molecular complexity index is 947. The van der Waals surface area contributed by atoms with Crippen LogP contribution in [0.3, 0.4) is 0 Å². The number of aliphatic hydroxyl groups is 1. The van der Waals surface area contributed by atoms with E-state index >= 15 is 0 Å². The molecule has 3 aliphatic carbocycles. The van der Waals surface area contributed by atoms with Crippen molar-refractivity contribution >= 4 is 6.08 Å². The van der Waals surface area contributed by atoms with Crippen molar-refractivity contribution in [3.63, 3.8) is 0 Å². The molecule has 152 valence electrons. The fourth-order valence-corrected chi connectivity index (χ4v) is 6.71. The fraction of sp³-hybridized carbons (Fsp3) is 0.462. The van der Waals surface area contributed by atoms with Crippen molar-refractivity contribution in [3.8, 4) is 11.5 Å². The normalized spacial score (nSPS) is 35.9. The van der Waals surface area contributed by atoms with E-state index in [2.05, 4.69) is 13.0 Å². The Morgan fingerprint density at radius 3 is 2.48 bits per heavy atom. The summed E-state index contributed by atoms with van der Waals surface area (Å²) < 4.78 is 0. The standard InChI is InChI=1S/C26H30O3/c1-25-13-11-22-21-9-7-20(28)16-18(21)4-8-23(22)24(25)12-15-26(25,29)14-10-17-2-5-19(27)6-3-17/h2-3,5-7,9-10,14,16,22-24,27-29H,4,8,11-13,15H2,1H3/b14-10+/t22?,23?,24?,25-,26-/m0/s1. The van der Waals surface area contributed by atoms with Crippen molar-refractivity contribution in [2.45, 2.75) is 57.0 Å². The maximum Gasteiger partial charge on any atom is 0.115 e. The molecule has 0 saturated heterocycles. The van der Waals surface area contributed by atoms with Gasteiger partial charge in [-0.2, -0.15) is 0 Å². The molecule has 5 atom stereocenters. The molecule has 0 amide bonds. The monoisotopic (exact) mass is 390 g/mol. The van der Waals surface area contributed by atoms with Crippen molar-refractivity contribution in [1.29, 1.82) is 0 Å². The highest BCUT2D eigenvalue weighted by Gasteiger charge is 2.60. The van der Waals surface area contributed by atoms with Crippen LogP contribution >= 0.6 is 0 Å². The zero-order valence-corrected chi connectivity index (χ0v) is 17.0. The van der Waals surface area contributed by atoms with Gasteiger partial charge in [-0.3, -0.25) is 0 Å². The minimum absolute atomic E-state index is 0.101. The molecule has 3 aliphatic rings. The molecule has 3 heteroatoms. The Hall–Kier alpha value is -2.26. The predicted molar refractivity (Wildman–Crippen MR) is 115 cm³/mol. The third-order valence-corrected chi connectivity index (χ3v) is 8.37. The summed E-state index contributed by atoms with van der Waals surface area (Å²) in [5, 5.41) is 31.1. The lowest BCUT2D eigenvalue weighted by atomic mass is 9.53. The molecule has 3 unspecified atom stereocenters. The topological polar surface area (TPSA) is 60.7 Å². The molecule has 5 rings (SSSR count). The zero-order valence-electron chi connectivity index (χ0n) is 17.0. The van der Waals surface area contributed by atoms with E-state index in [1.165, 1.54) is 11.1 Å². The Labute approximate surface area is 172 Å². The summed E-state index contributed by atoms with van der Waals surface area (Å²) in [6.45, 7) is 2.30. The molecular formula is C26H30O3. The molecule has 3 nitrogen and oxygen atoms in total. The number of phenols is 2. The second-order valence-corrected chi connectivity index (χ2v) is 9.64. The molecular weight excluding hydrogens is 360 g/mol. The summed E-state index contributed by atoms with van der Waals surface area (Å²) in [7, 11) is 0. The van der Waals surface area contributed by atoms with Gasteiger partial charge in [0, 0.05) is 5.41 Å². The van der Waals surface area contributed by atoms with E-state index in [-0.39, 0.29) is 11.2 Å². The molecule has 2 aromatic rings. The van der Waals surface area contributed by atoms with Gasteiger partial charge >= 0.3 is 0 Å². The first-order valence-electron chi connectivity index (χ1n) is 10.9. The van der Waals surface area contributed by atoms with E-state index in [1.807, 2.05) is 36.4 Å². The zero-order chi connectivity index (χ0) is 20.2. The van der Waals surface area contributed by atoms with Gasteiger partial charge in [0.15, 0.2) is 0 Å². The van der Waals surface area contributed by atoms with Crippen LogP contribution < -0.4 is 0 Å². The molecule has 2 fully saturated rings. The molecule has 0 heterocycles. The van der Waals surface area contributed by atoms with E-state index in [9.17, 15) is 15.3 Å². The van der Waals surface area contributed by atoms with Crippen molar-refractivity contribution in [3.05, 3.63) is 65.2 Å². The lowest BCUT2D eigenvalue weighted by Gasteiger charge is -2.52. The van der Waals surface area contributed by atoms with Gasteiger partial charge in [0.1, 0.15) is 11.5 Å². The molecule has 0 spiro atoms. The Kier molecular flexibility index (Phi) is 4.29. The Morgan fingerprint density at radius 2 is 1.69 bits per heavy atom. The van der Waals surface area contributed by atoms with E-state index in [0.717, 1.165) is 44.1 Å². The number of aromatic hydroxyl groups is 2. The van der Waals surface area contributed by atoms with Gasteiger partial charge in [-0.25, -0.2) is 0 Å². The predicted octanol–water partition coefficient (Wildman–Crippen LogP) is 5.40. The third-order valence-electron chi connectivity index (χ3n) is 8.37. The van der Waals surface area contributed by atoms with Gasteiger partial charge < -0.3 is 15.3 Å². The average Bonchev–Trinajstić information content (AvgIpc) is 2.98. The quantitative estimate of drug-likeness (QED) is 0.643. The second-order valence-electron chi connectivity index (χ2n) is 9.64. The van der Waals surface area contributed by atoms with Crippen molar-refractivity contribution in [1.82, 2.24) is 0 Å². The van der Waals surface area contributed by atoms with Crippen LogP contribution in [0.1, 0.15) is 61.6 Å². The van der Waals surface area contributed by atoms with Crippen LogP contribution in [0.2, 0.25) is 0 Å². The van der Waals surface area contributed by atoms with Crippen molar-refractivity contribution in [2.75, 3.05) is 0 Å². The van der Waals surface area contributed by atoms with Crippen LogP contribution in [-0.2, 0) is 6.42 Å². The maximum atomic E-state index is 11.7. The molecule has 0 bridgehead atoms. The van der Waals surface area contributed by atoms with Crippen molar-refractivity contribution in [2.24, 2.45) is 17.3 Å². The summed E-state index contributed by atoms with van der Waals surface area (Å²) in [4.78, 5) is 0. The van der Waals surface area contributed by atoms with E-state index in [4.69, 9.17) is 0 Å². The van der Waals surface area contributed by atoms with Gasteiger partial charge in [0.25, 0.3) is 0 Å². The van der Waals surface area contributed by atoms with Gasteiger partial charge in [0.05, 0.1) is 5.60 Å². The molecule has 2 saturated carbocycles. The van der Waals surface area contributed by atoms with E-state index < -0.39 is 5.60 Å². The van der Waals surface area contributed by atoms with Crippen molar-refractivity contribution < 1.29 is 15.3 Å². The minimum atomic E-state index is -0.782. The first kappa shape index (κ1) is 18.7. The number of hydrogen-bond donors (Lipinski definition) is 3. The lowest BCUT2D eigenvalue weighted by molar-refractivity contribution is -0.0705. The van der Waals surface area contributed by atoms with E-state index in [1.54, 1.807) is 12.1 Å². The SMILES string of the molecule is C[C@]12CCC3c4ccc(O)cc4CCC3C1CC[C@@]2(O)/C=C/c1ccc(O)cc1. The number of rotatable bonds is 2. The van der Waals surface area contributed by atoms with Crippen LogP contribution in [0.25, 0.3) is 6.08 Å². The fourth-order valence-electron chi connectivity index (χ4n) is 6.71. The molecule has 29 heavy (non-hydrogen) atoms. The highest BCUT2D eigenvalue weighted by atomic mass is 16.3. The first-order chi connectivity index (χ1) is 13.9. The minimum Gasteiger partial charge on any atom is -0.508 e. The number of fused-ring (bicyclic) bond motifs is 5. The van der Waals surface area contributed by atoms with E-state index in [0.29, 0.717) is 23.5 Å². The van der Waals surface area contributed by atoms with Crippen LogP contribution in [0.15, 0.2) is 48.5 Å². The van der Waals surface area contributed by atoms with Crippen LogP contribution in [0, 0.1) is 17.3 Å². The summed E-state index contributed by atoms with van der Waals surface area (Å²) in [6, 6.07) is 13.1. The summed E-state index contributed by atoms with van der Waals surface area (Å²) in [5.74, 6) is 2.33. The molecule has 0 aliphatic heterocycles. The second kappa shape index (κ2) is 6.63. The molecule has 3 N–H and O–H groups in total. The van der Waals surface area contributed by atoms with Crippen LogP contribution in [0.5, 0.6) is 11.5 Å². The average molecular weight is 391 g/mol. The van der Waals surface area contributed by atoms with Gasteiger partial charge in [-0.05, 0) is 97.2 Å². The van der Waals surface area contributed by atoms with Gasteiger partial charge in [0.2, 0.25) is 0 Å². The van der Waals surface area contributed by atoms with Crippen LogP contribution in [-0.4, -0.2) is 20.9 Å². The number of benzene rings is 2. The molecule has 0 radical (unpaired) electrons. The summed E-state index contributed by atoms with van der Waals surface area (Å²) in [5.41, 5.74) is 2.86. The Balaban J connectivity index is 1.42. The van der Waals surface area contributed by atoms with Gasteiger partial charge in [-0.1, -0.05) is 37.3 Å². The highest BCUT2D eigenvalue weighted by molar-refractivity contribution is 5.52. The molecule has 2 aromatic carbocycles. The van der Waals surface area contributed by atoms with Gasteiger partial charge in [-0.15, -0.1) is 0 Å². The smallest absolute Gasteiger partial charge is 0.115 e. The summed E-state index contributed by atoms with van der Waals surface area (Å²) >= 11 is 0. The largest absolute Gasteiger partial charge is 0.508 e. The first-order valence-corrected chi connectivity index (χ1v) is 10.9. The van der Waals surface area contributed by atoms with Crippen LogP contribution in [0.4, 0.5) is 0 Å². The maximum absolute atomic E-state index is 11.7. The lowest BCUT2D eigenvalue weighted by Crippen LogP contribution is -2.49.